The number of likely N-dealkylation sites (tertiary alicyclic amines) is 1. The number of amides is 2. The zero-order valence-electron chi connectivity index (χ0n) is 13.9. The average molecular weight is 369 g/mol. The van der Waals surface area contributed by atoms with Gasteiger partial charge in [-0.05, 0) is 23.8 Å². The number of H-pyrrole nitrogens is 1. The molecule has 0 aliphatic carbocycles. The minimum absolute atomic E-state index is 0.0466. The summed E-state index contributed by atoms with van der Waals surface area (Å²) in [5, 5.41) is 3.40. The second-order valence-electron chi connectivity index (χ2n) is 6.36. The Hall–Kier alpha value is -2.86. The lowest BCUT2D eigenvalue weighted by Crippen LogP contribution is -2.28. The Kier molecular flexibility index (Phi) is 4.34. The van der Waals surface area contributed by atoms with Gasteiger partial charge in [-0.15, -0.1) is 0 Å². The Balaban J connectivity index is 1.42. The molecular formula is C19H17ClN4O2. The van der Waals surface area contributed by atoms with E-state index in [0.29, 0.717) is 24.1 Å². The highest BCUT2D eigenvalue weighted by Crippen LogP contribution is 2.24. The molecule has 2 heterocycles. The molecule has 1 saturated heterocycles. The fourth-order valence-corrected chi connectivity index (χ4v) is 3.36. The first kappa shape index (κ1) is 16.6. The number of nitrogens with zero attached hydrogens (tertiary/aromatic N) is 2. The summed E-state index contributed by atoms with van der Waals surface area (Å²) in [6, 6.07) is 15.0. The summed E-state index contributed by atoms with van der Waals surface area (Å²) in [5.74, 6) is -0.264. The van der Waals surface area contributed by atoms with Crippen molar-refractivity contribution in [1.29, 1.82) is 0 Å². The number of aromatic nitrogens is 2. The van der Waals surface area contributed by atoms with Crippen LogP contribution < -0.4 is 5.32 Å². The van der Waals surface area contributed by atoms with Gasteiger partial charge >= 0.3 is 0 Å². The lowest BCUT2D eigenvalue weighted by Gasteiger charge is -2.17. The van der Waals surface area contributed by atoms with Gasteiger partial charge in [0.25, 0.3) is 0 Å². The minimum atomic E-state index is -0.404. The van der Waals surface area contributed by atoms with E-state index in [-0.39, 0.29) is 18.2 Å². The summed E-state index contributed by atoms with van der Waals surface area (Å²) in [6.45, 7) is 0.781. The molecule has 2 amide bonds. The number of carbonyl (C=O) groups excluding carboxylic acids is 2. The van der Waals surface area contributed by atoms with Crippen LogP contribution >= 0.6 is 11.6 Å². The number of hydrogen-bond donors (Lipinski definition) is 2. The van der Waals surface area contributed by atoms with E-state index in [9.17, 15) is 9.59 Å². The van der Waals surface area contributed by atoms with Crippen molar-refractivity contribution in [2.24, 2.45) is 5.92 Å². The van der Waals surface area contributed by atoms with E-state index in [2.05, 4.69) is 15.3 Å². The molecule has 2 N–H and O–H groups in total. The lowest BCUT2D eigenvalue weighted by atomic mass is 10.1. The molecule has 2 aromatic carbocycles. The standard InChI is InChI=1S/C19H17ClN4O2/c20-14-6-2-1-5-12(14)10-24-11-13(9-17(24)25)18(26)23-19-21-15-7-3-4-8-16(15)22-19/h1-8,13H,9-11H2,(H2,21,22,23,26). The largest absolute Gasteiger partial charge is 0.337 e. The van der Waals surface area contributed by atoms with Crippen LogP contribution in [0.15, 0.2) is 48.5 Å². The molecule has 1 unspecified atom stereocenters. The molecule has 1 aliphatic rings. The van der Waals surface area contributed by atoms with Crippen molar-refractivity contribution < 1.29 is 9.59 Å². The number of anilines is 1. The Bertz CT molecular complexity index is 951. The second kappa shape index (κ2) is 6.80. The lowest BCUT2D eigenvalue weighted by molar-refractivity contribution is -0.128. The highest BCUT2D eigenvalue weighted by Gasteiger charge is 2.34. The van der Waals surface area contributed by atoms with Crippen LogP contribution in [0.4, 0.5) is 5.95 Å². The summed E-state index contributed by atoms with van der Waals surface area (Å²) in [6.07, 6.45) is 0.191. The summed E-state index contributed by atoms with van der Waals surface area (Å²) < 4.78 is 0. The topological polar surface area (TPSA) is 78.1 Å². The number of benzene rings is 2. The highest BCUT2D eigenvalue weighted by molar-refractivity contribution is 6.31. The van der Waals surface area contributed by atoms with E-state index in [1.165, 1.54) is 0 Å². The van der Waals surface area contributed by atoms with Crippen molar-refractivity contribution in [1.82, 2.24) is 14.9 Å². The number of aromatic amines is 1. The summed E-state index contributed by atoms with van der Waals surface area (Å²) in [7, 11) is 0. The maximum atomic E-state index is 12.5. The summed E-state index contributed by atoms with van der Waals surface area (Å²) in [5.41, 5.74) is 2.51. The smallest absolute Gasteiger partial charge is 0.232 e. The van der Waals surface area contributed by atoms with Gasteiger partial charge in [-0.25, -0.2) is 4.98 Å². The third-order valence-corrected chi connectivity index (χ3v) is 4.90. The van der Waals surface area contributed by atoms with E-state index in [4.69, 9.17) is 11.6 Å². The van der Waals surface area contributed by atoms with Gasteiger partial charge in [0.15, 0.2) is 0 Å². The molecule has 0 bridgehead atoms. The molecule has 132 valence electrons. The maximum absolute atomic E-state index is 12.5. The number of imidazole rings is 1. The van der Waals surface area contributed by atoms with Crippen LogP contribution in [-0.2, 0) is 16.1 Å². The molecule has 1 atom stereocenters. The molecule has 0 spiro atoms. The van der Waals surface area contributed by atoms with Crippen LogP contribution in [0.3, 0.4) is 0 Å². The van der Waals surface area contributed by atoms with Gasteiger partial charge in [-0.3, -0.25) is 14.9 Å². The third-order valence-electron chi connectivity index (χ3n) is 4.54. The second-order valence-corrected chi connectivity index (χ2v) is 6.77. The Morgan fingerprint density at radius 2 is 2.00 bits per heavy atom. The predicted octanol–water partition coefficient (Wildman–Crippen LogP) is 3.20. The van der Waals surface area contributed by atoms with Crippen LogP contribution in [0.1, 0.15) is 12.0 Å². The molecule has 3 aromatic rings. The van der Waals surface area contributed by atoms with Gasteiger partial charge < -0.3 is 9.88 Å². The molecular weight excluding hydrogens is 352 g/mol. The number of hydrogen-bond acceptors (Lipinski definition) is 3. The molecule has 4 rings (SSSR count). The zero-order valence-corrected chi connectivity index (χ0v) is 14.7. The Labute approximate surface area is 155 Å². The molecule has 7 heteroatoms. The Morgan fingerprint density at radius 3 is 2.81 bits per heavy atom. The molecule has 0 radical (unpaired) electrons. The number of para-hydroxylation sites is 2. The monoisotopic (exact) mass is 368 g/mol. The van der Waals surface area contributed by atoms with E-state index in [0.717, 1.165) is 16.6 Å². The first-order valence-electron chi connectivity index (χ1n) is 8.37. The quantitative estimate of drug-likeness (QED) is 0.742. The molecule has 1 aromatic heterocycles. The van der Waals surface area contributed by atoms with Crippen molar-refractivity contribution in [3.05, 3.63) is 59.1 Å². The first-order valence-corrected chi connectivity index (χ1v) is 8.75. The molecule has 1 fully saturated rings. The van der Waals surface area contributed by atoms with E-state index < -0.39 is 5.92 Å². The zero-order chi connectivity index (χ0) is 18.1. The third kappa shape index (κ3) is 3.28. The van der Waals surface area contributed by atoms with Gasteiger partial charge in [0.05, 0.1) is 17.0 Å². The highest BCUT2D eigenvalue weighted by atomic mass is 35.5. The van der Waals surface area contributed by atoms with E-state index >= 15 is 0 Å². The van der Waals surface area contributed by atoms with E-state index in [1.807, 2.05) is 42.5 Å². The number of halogens is 1. The number of fused-ring (bicyclic) bond motifs is 1. The molecule has 6 nitrogen and oxygen atoms in total. The predicted molar refractivity (Wildman–Crippen MR) is 99.7 cm³/mol. The van der Waals surface area contributed by atoms with Gasteiger partial charge in [0.2, 0.25) is 17.8 Å². The van der Waals surface area contributed by atoms with Crippen LogP contribution in [-0.4, -0.2) is 33.2 Å². The van der Waals surface area contributed by atoms with Crippen LogP contribution in [0.5, 0.6) is 0 Å². The summed E-state index contributed by atoms with van der Waals surface area (Å²) >= 11 is 6.17. The molecule has 26 heavy (non-hydrogen) atoms. The van der Waals surface area contributed by atoms with E-state index in [1.54, 1.807) is 11.0 Å². The van der Waals surface area contributed by atoms with Gasteiger partial charge in [-0.2, -0.15) is 0 Å². The van der Waals surface area contributed by atoms with Gasteiger partial charge in [0, 0.05) is 24.5 Å². The van der Waals surface area contributed by atoms with Crippen LogP contribution in [0, 0.1) is 5.92 Å². The number of carbonyl (C=O) groups is 2. The SMILES string of the molecule is O=C(Nc1nc2ccccc2[nH]1)C1CC(=O)N(Cc2ccccc2Cl)C1. The maximum Gasteiger partial charge on any atom is 0.232 e. The summed E-state index contributed by atoms with van der Waals surface area (Å²) in [4.78, 5) is 33.9. The van der Waals surface area contributed by atoms with Crippen molar-refractivity contribution in [2.75, 3.05) is 11.9 Å². The van der Waals surface area contributed by atoms with Crippen molar-refractivity contribution in [3.63, 3.8) is 0 Å². The van der Waals surface area contributed by atoms with Crippen molar-refractivity contribution in [3.8, 4) is 0 Å². The normalized spacial score (nSPS) is 17.0. The minimum Gasteiger partial charge on any atom is -0.337 e. The average Bonchev–Trinajstić information content (AvgIpc) is 3.20. The van der Waals surface area contributed by atoms with Crippen molar-refractivity contribution >= 4 is 40.4 Å². The fourth-order valence-electron chi connectivity index (χ4n) is 3.16. The van der Waals surface area contributed by atoms with Crippen LogP contribution in [0.2, 0.25) is 5.02 Å². The van der Waals surface area contributed by atoms with Gasteiger partial charge in [-0.1, -0.05) is 41.9 Å². The Morgan fingerprint density at radius 1 is 1.23 bits per heavy atom. The first-order chi connectivity index (χ1) is 12.6. The van der Waals surface area contributed by atoms with Gasteiger partial charge in [0.1, 0.15) is 0 Å². The molecule has 1 aliphatic heterocycles. The fraction of sp³-hybridized carbons (Fsp3) is 0.211. The molecule has 0 saturated carbocycles. The van der Waals surface area contributed by atoms with Crippen molar-refractivity contribution in [2.45, 2.75) is 13.0 Å². The number of rotatable bonds is 4. The van der Waals surface area contributed by atoms with Crippen LogP contribution in [0.25, 0.3) is 11.0 Å². The number of nitrogens with one attached hydrogen (secondary N) is 2.